The van der Waals surface area contributed by atoms with Gasteiger partial charge in [0.15, 0.2) is 0 Å². The van der Waals surface area contributed by atoms with Crippen molar-refractivity contribution in [3.05, 3.63) is 110 Å². The van der Waals surface area contributed by atoms with Gasteiger partial charge in [-0.1, -0.05) is 36.9 Å². The highest BCUT2D eigenvalue weighted by Crippen LogP contribution is 2.34. The van der Waals surface area contributed by atoms with Crippen molar-refractivity contribution in [1.29, 1.82) is 0 Å². The lowest BCUT2D eigenvalue weighted by atomic mass is 9.96. The average Bonchev–Trinajstić information content (AvgIpc) is 2.89. The third-order valence-electron chi connectivity index (χ3n) is 5.27. The van der Waals surface area contributed by atoms with Crippen molar-refractivity contribution in [3.63, 3.8) is 0 Å². The highest BCUT2D eigenvalue weighted by Gasteiger charge is 2.11. The standard InChI is InChI=1S/C28H20N4O2/c1-2-26(33)32-23-8-6-7-19(14-23)25-15-21(13-22-16-29-18-31-28(22)25)20-11-12-27(30-17-20)34-24-9-4-3-5-10-24/h2-18H,1H2,(H,32,33). The largest absolute Gasteiger partial charge is 0.439 e. The number of anilines is 1. The molecule has 0 fully saturated rings. The van der Waals surface area contributed by atoms with Gasteiger partial charge in [0, 0.05) is 40.7 Å². The minimum absolute atomic E-state index is 0.262. The summed E-state index contributed by atoms with van der Waals surface area (Å²) in [7, 11) is 0. The first-order chi connectivity index (χ1) is 16.7. The van der Waals surface area contributed by atoms with Crippen LogP contribution >= 0.6 is 0 Å². The van der Waals surface area contributed by atoms with Gasteiger partial charge in [-0.2, -0.15) is 0 Å². The highest BCUT2D eigenvalue weighted by molar-refractivity contribution is 6.01. The zero-order valence-electron chi connectivity index (χ0n) is 18.2. The van der Waals surface area contributed by atoms with Gasteiger partial charge in [0.25, 0.3) is 0 Å². The summed E-state index contributed by atoms with van der Waals surface area (Å²) in [5.41, 5.74) is 5.25. The van der Waals surface area contributed by atoms with Crippen molar-refractivity contribution in [3.8, 4) is 33.9 Å². The SMILES string of the molecule is C=CC(=O)Nc1cccc(-c2cc(-c3ccc(Oc4ccccc4)nc3)cc3cncnc23)c1. The van der Waals surface area contributed by atoms with Crippen LogP contribution in [-0.2, 0) is 4.79 Å². The van der Waals surface area contributed by atoms with Crippen molar-refractivity contribution in [2.45, 2.75) is 0 Å². The molecule has 0 atom stereocenters. The molecule has 2 heterocycles. The fraction of sp³-hybridized carbons (Fsp3) is 0. The van der Waals surface area contributed by atoms with E-state index in [0.29, 0.717) is 11.6 Å². The molecule has 34 heavy (non-hydrogen) atoms. The fourth-order valence-corrected chi connectivity index (χ4v) is 3.67. The predicted molar refractivity (Wildman–Crippen MR) is 134 cm³/mol. The molecule has 1 amide bonds. The molecule has 5 rings (SSSR count). The quantitative estimate of drug-likeness (QED) is 0.312. The van der Waals surface area contributed by atoms with E-state index in [1.165, 1.54) is 12.4 Å². The summed E-state index contributed by atoms with van der Waals surface area (Å²) >= 11 is 0. The van der Waals surface area contributed by atoms with Gasteiger partial charge in [-0.3, -0.25) is 4.79 Å². The minimum Gasteiger partial charge on any atom is -0.439 e. The maximum Gasteiger partial charge on any atom is 0.247 e. The number of carbonyl (C=O) groups excluding carboxylic acids is 1. The number of nitrogens with zero attached hydrogens (tertiary/aromatic N) is 3. The van der Waals surface area contributed by atoms with Crippen molar-refractivity contribution in [1.82, 2.24) is 15.0 Å². The van der Waals surface area contributed by atoms with Gasteiger partial charge in [0.1, 0.15) is 12.1 Å². The number of fused-ring (bicyclic) bond motifs is 1. The van der Waals surface area contributed by atoms with Gasteiger partial charge in [-0.25, -0.2) is 15.0 Å². The summed E-state index contributed by atoms with van der Waals surface area (Å²) in [5.74, 6) is 0.989. The molecule has 0 saturated carbocycles. The van der Waals surface area contributed by atoms with Gasteiger partial charge < -0.3 is 10.1 Å². The van der Waals surface area contributed by atoms with E-state index in [0.717, 1.165) is 38.9 Å². The van der Waals surface area contributed by atoms with Crippen molar-refractivity contribution in [2.24, 2.45) is 0 Å². The Hall–Kier alpha value is -4.84. The zero-order chi connectivity index (χ0) is 23.3. The molecule has 164 valence electrons. The van der Waals surface area contributed by atoms with E-state index in [1.54, 1.807) is 12.4 Å². The molecule has 0 aliphatic rings. The Morgan fingerprint density at radius 3 is 2.53 bits per heavy atom. The number of benzene rings is 3. The predicted octanol–water partition coefficient (Wildman–Crippen LogP) is 6.28. The first-order valence-corrected chi connectivity index (χ1v) is 10.7. The number of hydrogen-bond donors (Lipinski definition) is 1. The zero-order valence-corrected chi connectivity index (χ0v) is 18.2. The molecule has 2 aromatic heterocycles. The summed E-state index contributed by atoms with van der Waals surface area (Å²) in [6.07, 6.45) is 6.35. The summed E-state index contributed by atoms with van der Waals surface area (Å²) in [6.45, 7) is 3.51. The number of para-hydroxylation sites is 1. The Bertz CT molecular complexity index is 1480. The Balaban J connectivity index is 1.53. The van der Waals surface area contributed by atoms with Crippen LogP contribution in [0.5, 0.6) is 11.6 Å². The summed E-state index contributed by atoms with van der Waals surface area (Å²) in [6, 6.07) is 25.1. The number of rotatable bonds is 6. The first kappa shape index (κ1) is 21.0. The van der Waals surface area contributed by atoms with Gasteiger partial charge in [-0.15, -0.1) is 0 Å². The van der Waals surface area contributed by atoms with Crippen LogP contribution in [-0.4, -0.2) is 20.9 Å². The molecule has 5 aromatic rings. The van der Waals surface area contributed by atoms with Crippen LogP contribution in [0.4, 0.5) is 5.69 Å². The molecule has 6 nitrogen and oxygen atoms in total. The Labute approximate surface area is 196 Å². The van der Waals surface area contributed by atoms with Gasteiger partial charge in [0.05, 0.1) is 5.52 Å². The smallest absolute Gasteiger partial charge is 0.247 e. The minimum atomic E-state index is -0.262. The molecular weight excluding hydrogens is 424 g/mol. The van der Waals surface area contributed by atoms with Gasteiger partial charge in [0.2, 0.25) is 11.8 Å². The number of carbonyl (C=O) groups is 1. The van der Waals surface area contributed by atoms with E-state index >= 15 is 0 Å². The van der Waals surface area contributed by atoms with Crippen LogP contribution in [0.3, 0.4) is 0 Å². The molecule has 0 spiro atoms. The van der Waals surface area contributed by atoms with Gasteiger partial charge in [-0.05, 0) is 59.7 Å². The lowest BCUT2D eigenvalue weighted by Gasteiger charge is -2.12. The van der Waals surface area contributed by atoms with Crippen molar-refractivity contribution in [2.75, 3.05) is 5.32 Å². The Kier molecular flexibility index (Phi) is 5.78. The summed E-state index contributed by atoms with van der Waals surface area (Å²) in [5, 5.41) is 3.71. The molecule has 1 N–H and O–H groups in total. The van der Waals surface area contributed by atoms with Crippen molar-refractivity contribution >= 4 is 22.5 Å². The van der Waals surface area contributed by atoms with E-state index in [2.05, 4.69) is 32.9 Å². The number of nitrogens with one attached hydrogen (secondary N) is 1. The van der Waals surface area contributed by atoms with E-state index < -0.39 is 0 Å². The Morgan fingerprint density at radius 2 is 1.74 bits per heavy atom. The maximum atomic E-state index is 11.8. The molecule has 0 aliphatic carbocycles. The monoisotopic (exact) mass is 444 g/mol. The number of aromatic nitrogens is 3. The summed E-state index contributed by atoms with van der Waals surface area (Å²) in [4.78, 5) is 24.9. The van der Waals surface area contributed by atoms with Crippen LogP contribution in [0.2, 0.25) is 0 Å². The number of amides is 1. The normalized spacial score (nSPS) is 10.6. The second-order valence-corrected chi connectivity index (χ2v) is 7.56. The molecule has 0 radical (unpaired) electrons. The van der Waals surface area contributed by atoms with E-state index in [4.69, 9.17) is 4.74 Å². The van der Waals surface area contributed by atoms with Crippen LogP contribution in [0.15, 0.2) is 110 Å². The topological polar surface area (TPSA) is 77.0 Å². The van der Waals surface area contributed by atoms with Gasteiger partial charge >= 0.3 is 0 Å². The second kappa shape index (κ2) is 9.34. The lowest BCUT2D eigenvalue weighted by molar-refractivity contribution is -0.111. The molecule has 6 heteroatoms. The number of hydrogen-bond acceptors (Lipinski definition) is 5. The van der Waals surface area contributed by atoms with Crippen LogP contribution < -0.4 is 10.1 Å². The maximum absolute atomic E-state index is 11.8. The summed E-state index contributed by atoms with van der Waals surface area (Å²) < 4.78 is 5.81. The Morgan fingerprint density at radius 1 is 0.853 bits per heavy atom. The van der Waals surface area contributed by atoms with E-state index in [1.807, 2.05) is 72.8 Å². The number of ether oxygens (including phenoxy) is 1. The third kappa shape index (κ3) is 4.52. The molecule has 3 aromatic carbocycles. The molecule has 0 aliphatic heterocycles. The molecule has 0 unspecified atom stereocenters. The van der Waals surface area contributed by atoms with Crippen LogP contribution in [0.25, 0.3) is 33.2 Å². The third-order valence-corrected chi connectivity index (χ3v) is 5.27. The molecular formula is C28H20N4O2. The van der Waals surface area contributed by atoms with E-state index in [9.17, 15) is 4.79 Å². The number of pyridine rings is 1. The molecule has 0 saturated heterocycles. The average molecular weight is 444 g/mol. The van der Waals surface area contributed by atoms with E-state index in [-0.39, 0.29) is 5.91 Å². The van der Waals surface area contributed by atoms with Crippen molar-refractivity contribution < 1.29 is 9.53 Å². The van der Waals surface area contributed by atoms with Crippen LogP contribution in [0.1, 0.15) is 0 Å². The second-order valence-electron chi connectivity index (χ2n) is 7.56. The fourth-order valence-electron chi connectivity index (χ4n) is 3.67. The first-order valence-electron chi connectivity index (χ1n) is 10.7. The molecule has 0 bridgehead atoms. The highest BCUT2D eigenvalue weighted by atomic mass is 16.5. The lowest BCUT2D eigenvalue weighted by Crippen LogP contribution is -2.07. The van der Waals surface area contributed by atoms with Crippen LogP contribution in [0, 0.1) is 0 Å².